The van der Waals surface area contributed by atoms with Crippen molar-refractivity contribution in [2.24, 2.45) is 5.73 Å². The van der Waals surface area contributed by atoms with E-state index in [1.807, 2.05) is 6.07 Å². The Kier molecular flexibility index (Phi) is 3.91. The number of carboxylic acids is 1. The lowest BCUT2D eigenvalue weighted by atomic mass is 10.0. The molecule has 0 fully saturated rings. The fourth-order valence-corrected chi connectivity index (χ4v) is 1.57. The molecule has 1 aromatic heterocycles. The molecule has 0 radical (unpaired) electrons. The molecule has 4 nitrogen and oxygen atoms in total. The van der Waals surface area contributed by atoms with Gasteiger partial charge < -0.3 is 15.3 Å². The van der Waals surface area contributed by atoms with Crippen molar-refractivity contribution >= 4 is 5.97 Å². The summed E-state index contributed by atoms with van der Waals surface area (Å²) in [5.74, 6) is 0.427. The molecular weight excluding hydrogens is 194 g/mol. The second-order valence-corrected chi connectivity index (χ2v) is 3.57. The monoisotopic (exact) mass is 211 g/mol. The molecule has 0 aliphatic heterocycles. The van der Waals surface area contributed by atoms with Crippen molar-refractivity contribution in [2.75, 3.05) is 0 Å². The summed E-state index contributed by atoms with van der Waals surface area (Å²) in [6.45, 7) is 4.15. The highest BCUT2D eigenvalue weighted by Crippen LogP contribution is 2.26. The van der Waals surface area contributed by atoms with Crippen molar-refractivity contribution in [2.45, 2.75) is 38.6 Å². The summed E-state index contributed by atoms with van der Waals surface area (Å²) in [6.07, 6.45) is 1.96. The SMILES string of the molecule is CCC(CC)c1ccc(C(N)C(=O)O)o1. The molecule has 3 N–H and O–H groups in total. The summed E-state index contributed by atoms with van der Waals surface area (Å²) in [5, 5.41) is 8.71. The normalized spacial score (nSPS) is 13.1. The van der Waals surface area contributed by atoms with Crippen molar-refractivity contribution < 1.29 is 14.3 Å². The number of carbonyl (C=O) groups is 1. The van der Waals surface area contributed by atoms with E-state index in [2.05, 4.69) is 13.8 Å². The summed E-state index contributed by atoms with van der Waals surface area (Å²) in [5.41, 5.74) is 5.44. The highest BCUT2D eigenvalue weighted by Gasteiger charge is 2.20. The maximum atomic E-state index is 10.6. The van der Waals surface area contributed by atoms with Gasteiger partial charge >= 0.3 is 5.97 Å². The average Bonchev–Trinajstić information content (AvgIpc) is 2.67. The van der Waals surface area contributed by atoms with Crippen LogP contribution in [0.4, 0.5) is 0 Å². The minimum atomic E-state index is -1.07. The van der Waals surface area contributed by atoms with E-state index in [1.54, 1.807) is 6.07 Å². The van der Waals surface area contributed by atoms with E-state index >= 15 is 0 Å². The highest BCUT2D eigenvalue weighted by atomic mass is 16.4. The largest absolute Gasteiger partial charge is 0.480 e. The molecule has 84 valence electrons. The predicted molar refractivity (Wildman–Crippen MR) is 56.6 cm³/mol. The fourth-order valence-electron chi connectivity index (χ4n) is 1.57. The van der Waals surface area contributed by atoms with Gasteiger partial charge in [-0.2, -0.15) is 0 Å². The Hall–Kier alpha value is -1.29. The molecule has 0 spiro atoms. The van der Waals surface area contributed by atoms with Gasteiger partial charge in [0.2, 0.25) is 0 Å². The van der Waals surface area contributed by atoms with Crippen molar-refractivity contribution in [3.8, 4) is 0 Å². The number of aliphatic carboxylic acids is 1. The van der Waals surface area contributed by atoms with Gasteiger partial charge in [0.1, 0.15) is 11.5 Å². The van der Waals surface area contributed by atoms with E-state index in [1.165, 1.54) is 0 Å². The zero-order chi connectivity index (χ0) is 11.4. The molecule has 0 aliphatic carbocycles. The Morgan fingerprint density at radius 3 is 2.40 bits per heavy atom. The third-order valence-corrected chi connectivity index (χ3v) is 2.61. The molecule has 0 bridgehead atoms. The average molecular weight is 211 g/mol. The van der Waals surface area contributed by atoms with Crippen LogP contribution in [0, 0.1) is 0 Å². The quantitative estimate of drug-likeness (QED) is 0.783. The van der Waals surface area contributed by atoms with Gasteiger partial charge in [-0.25, -0.2) is 0 Å². The Labute approximate surface area is 89.1 Å². The lowest BCUT2D eigenvalue weighted by Crippen LogP contribution is -2.19. The van der Waals surface area contributed by atoms with Gasteiger partial charge in [0.15, 0.2) is 6.04 Å². The number of nitrogens with two attached hydrogens (primary N) is 1. The van der Waals surface area contributed by atoms with Crippen molar-refractivity contribution in [1.82, 2.24) is 0 Å². The number of carboxylic acid groups (broad SMARTS) is 1. The number of rotatable bonds is 5. The van der Waals surface area contributed by atoms with E-state index in [-0.39, 0.29) is 0 Å². The van der Waals surface area contributed by atoms with Crippen LogP contribution in [0.15, 0.2) is 16.5 Å². The molecule has 1 heterocycles. The molecule has 0 aromatic carbocycles. The van der Waals surface area contributed by atoms with Crippen LogP contribution >= 0.6 is 0 Å². The highest BCUT2D eigenvalue weighted by molar-refractivity contribution is 5.74. The van der Waals surface area contributed by atoms with Crippen LogP contribution in [0.1, 0.15) is 50.2 Å². The summed E-state index contributed by atoms with van der Waals surface area (Å²) in [6, 6.07) is 2.40. The molecule has 0 saturated heterocycles. The van der Waals surface area contributed by atoms with Crippen LogP contribution in [-0.4, -0.2) is 11.1 Å². The molecule has 0 saturated carbocycles. The minimum Gasteiger partial charge on any atom is -0.480 e. The van der Waals surface area contributed by atoms with E-state index in [0.29, 0.717) is 11.7 Å². The third-order valence-electron chi connectivity index (χ3n) is 2.61. The molecule has 0 aliphatic rings. The second-order valence-electron chi connectivity index (χ2n) is 3.57. The Morgan fingerprint density at radius 1 is 1.40 bits per heavy atom. The topological polar surface area (TPSA) is 76.5 Å². The van der Waals surface area contributed by atoms with Crippen LogP contribution in [-0.2, 0) is 4.79 Å². The van der Waals surface area contributed by atoms with Crippen LogP contribution < -0.4 is 5.73 Å². The number of hydrogen-bond donors (Lipinski definition) is 2. The first kappa shape index (κ1) is 11.8. The summed E-state index contributed by atoms with van der Waals surface area (Å²) < 4.78 is 5.44. The summed E-state index contributed by atoms with van der Waals surface area (Å²) in [7, 11) is 0. The van der Waals surface area contributed by atoms with Gasteiger partial charge in [0.05, 0.1) is 0 Å². The maximum Gasteiger partial charge on any atom is 0.328 e. The first-order valence-corrected chi connectivity index (χ1v) is 5.18. The van der Waals surface area contributed by atoms with Gasteiger partial charge in [0, 0.05) is 5.92 Å². The lowest BCUT2D eigenvalue weighted by Gasteiger charge is -2.08. The molecule has 4 heteroatoms. The molecule has 0 amide bonds. The minimum absolute atomic E-state index is 0.324. The van der Waals surface area contributed by atoms with Crippen LogP contribution in [0.5, 0.6) is 0 Å². The van der Waals surface area contributed by atoms with Gasteiger partial charge in [-0.15, -0.1) is 0 Å². The molecule has 1 unspecified atom stereocenters. The Bertz CT molecular complexity index is 328. The van der Waals surface area contributed by atoms with Gasteiger partial charge in [-0.3, -0.25) is 4.79 Å². The van der Waals surface area contributed by atoms with Crippen molar-refractivity contribution in [3.05, 3.63) is 23.7 Å². The fraction of sp³-hybridized carbons (Fsp3) is 0.545. The molecule has 15 heavy (non-hydrogen) atoms. The van der Waals surface area contributed by atoms with Crippen LogP contribution in [0.3, 0.4) is 0 Å². The number of hydrogen-bond acceptors (Lipinski definition) is 3. The van der Waals surface area contributed by atoms with Gasteiger partial charge in [0.25, 0.3) is 0 Å². The van der Waals surface area contributed by atoms with Gasteiger partial charge in [-0.05, 0) is 25.0 Å². The van der Waals surface area contributed by atoms with Crippen LogP contribution in [0.25, 0.3) is 0 Å². The van der Waals surface area contributed by atoms with E-state index in [0.717, 1.165) is 18.6 Å². The molecular formula is C11H17NO3. The first-order chi connectivity index (χ1) is 7.10. The zero-order valence-corrected chi connectivity index (χ0v) is 9.06. The van der Waals surface area contributed by atoms with Crippen molar-refractivity contribution in [1.29, 1.82) is 0 Å². The molecule has 1 atom stereocenters. The Morgan fingerprint density at radius 2 is 1.93 bits per heavy atom. The van der Waals surface area contributed by atoms with Crippen molar-refractivity contribution in [3.63, 3.8) is 0 Å². The predicted octanol–water partition coefficient (Wildman–Crippen LogP) is 2.27. The van der Waals surface area contributed by atoms with E-state index < -0.39 is 12.0 Å². The second kappa shape index (κ2) is 4.98. The van der Waals surface area contributed by atoms with Crippen LogP contribution in [0.2, 0.25) is 0 Å². The zero-order valence-electron chi connectivity index (χ0n) is 9.06. The number of furan rings is 1. The smallest absolute Gasteiger partial charge is 0.328 e. The standard InChI is InChI=1S/C11H17NO3/c1-3-7(4-2)8-5-6-9(15-8)10(12)11(13)14/h5-7,10H,3-4,12H2,1-2H3,(H,13,14). The summed E-state index contributed by atoms with van der Waals surface area (Å²) in [4.78, 5) is 10.6. The summed E-state index contributed by atoms with van der Waals surface area (Å²) >= 11 is 0. The third kappa shape index (κ3) is 2.59. The molecule has 1 rings (SSSR count). The first-order valence-electron chi connectivity index (χ1n) is 5.18. The van der Waals surface area contributed by atoms with Gasteiger partial charge in [-0.1, -0.05) is 13.8 Å². The van der Waals surface area contributed by atoms with E-state index in [4.69, 9.17) is 15.3 Å². The van der Waals surface area contributed by atoms with E-state index in [9.17, 15) is 4.79 Å². The lowest BCUT2D eigenvalue weighted by molar-refractivity contribution is -0.139. The molecule has 1 aromatic rings. The maximum absolute atomic E-state index is 10.6. The Balaban J connectivity index is 2.84.